The fraction of sp³-hybridized carbons (Fsp3) is 0.444. The first kappa shape index (κ1) is 16.1. The quantitative estimate of drug-likeness (QED) is 0.811. The minimum Gasteiger partial charge on any atom is -0.483 e. The van der Waals surface area contributed by atoms with Crippen molar-refractivity contribution in [2.45, 2.75) is 52.2 Å². The van der Waals surface area contributed by atoms with Crippen molar-refractivity contribution in [1.29, 1.82) is 0 Å². The third-order valence-corrected chi connectivity index (χ3v) is 4.91. The van der Waals surface area contributed by atoms with Gasteiger partial charge in [-0.3, -0.25) is 0 Å². The van der Waals surface area contributed by atoms with Gasteiger partial charge in [-0.2, -0.15) is 0 Å². The average molecular weight is 303 g/mol. The molecule has 21 heavy (non-hydrogen) atoms. The number of thiophene rings is 1. The van der Waals surface area contributed by atoms with Gasteiger partial charge in [-0.15, -0.1) is 11.3 Å². The van der Waals surface area contributed by atoms with Gasteiger partial charge in [0, 0.05) is 15.8 Å². The zero-order valence-corrected chi connectivity index (χ0v) is 14.1. The van der Waals surface area contributed by atoms with Gasteiger partial charge < -0.3 is 10.5 Å². The van der Waals surface area contributed by atoms with E-state index in [0.29, 0.717) is 5.92 Å². The first-order valence-electron chi connectivity index (χ1n) is 7.59. The zero-order valence-electron chi connectivity index (χ0n) is 13.3. The summed E-state index contributed by atoms with van der Waals surface area (Å²) in [6.07, 6.45) is 1.06. The Balaban J connectivity index is 2.14. The second kappa shape index (κ2) is 7.10. The number of benzene rings is 1. The molecule has 0 aliphatic rings. The zero-order chi connectivity index (χ0) is 15.4. The fourth-order valence-electron chi connectivity index (χ4n) is 2.29. The number of nitrogens with two attached hydrogens (primary N) is 1. The van der Waals surface area contributed by atoms with Gasteiger partial charge in [0.1, 0.15) is 11.9 Å². The molecule has 3 heteroatoms. The summed E-state index contributed by atoms with van der Waals surface area (Å²) in [5.41, 5.74) is 7.46. The summed E-state index contributed by atoms with van der Waals surface area (Å²) in [5.74, 6) is 1.47. The van der Waals surface area contributed by atoms with Crippen molar-refractivity contribution in [1.82, 2.24) is 0 Å². The second-order valence-electron chi connectivity index (χ2n) is 5.72. The van der Waals surface area contributed by atoms with Crippen molar-refractivity contribution in [2.75, 3.05) is 0 Å². The fourth-order valence-corrected chi connectivity index (χ4v) is 3.31. The van der Waals surface area contributed by atoms with Crippen LogP contribution in [0.1, 0.15) is 54.5 Å². The molecular formula is C18H25NOS. The molecule has 0 bridgehead atoms. The highest BCUT2D eigenvalue weighted by Crippen LogP contribution is 2.30. The summed E-state index contributed by atoms with van der Waals surface area (Å²) in [4.78, 5) is 2.47. The maximum atomic E-state index is 6.13. The lowest BCUT2D eigenvalue weighted by Gasteiger charge is -2.22. The van der Waals surface area contributed by atoms with E-state index < -0.39 is 0 Å². The van der Waals surface area contributed by atoms with E-state index in [0.717, 1.165) is 12.2 Å². The monoisotopic (exact) mass is 303 g/mol. The van der Waals surface area contributed by atoms with Crippen LogP contribution in [0.5, 0.6) is 5.75 Å². The van der Waals surface area contributed by atoms with E-state index in [1.165, 1.54) is 15.3 Å². The Kier molecular flexibility index (Phi) is 5.43. The molecule has 1 aromatic heterocycles. The van der Waals surface area contributed by atoms with E-state index in [9.17, 15) is 0 Å². The molecule has 1 heterocycles. The second-order valence-corrected chi connectivity index (χ2v) is 7.04. The molecule has 3 unspecified atom stereocenters. The van der Waals surface area contributed by atoms with E-state index in [4.69, 9.17) is 10.5 Å². The Labute approximate surface area is 132 Å². The molecular weight excluding hydrogens is 278 g/mol. The van der Waals surface area contributed by atoms with Crippen LogP contribution < -0.4 is 10.5 Å². The summed E-state index contributed by atoms with van der Waals surface area (Å²) >= 11 is 1.75. The van der Waals surface area contributed by atoms with E-state index in [1.807, 2.05) is 6.92 Å². The van der Waals surface area contributed by atoms with Gasteiger partial charge in [-0.05, 0) is 56.0 Å². The third kappa shape index (κ3) is 4.08. The average Bonchev–Trinajstić information content (AvgIpc) is 2.90. The Morgan fingerprint density at radius 3 is 2.24 bits per heavy atom. The van der Waals surface area contributed by atoms with Crippen molar-refractivity contribution in [2.24, 2.45) is 5.73 Å². The lowest BCUT2D eigenvalue weighted by Crippen LogP contribution is -2.28. The van der Waals surface area contributed by atoms with E-state index in [2.05, 4.69) is 57.2 Å². The minimum atomic E-state index is -0.0850. The molecule has 0 fully saturated rings. The molecule has 0 amide bonds. The van der Waals surface area contributed by atoms with Gasteiger partial charge >= 0.3 is 0 Å². The van der Waals surface area contributed by atoms with E-state index in [-0.39, 0.29) is 12.1 Å². The standard InChI is InChI=1S/C18H25NOS/c1-5-12(2)15-7-9-16(10-8-15)20-18(14(4)19)17-11-6-13(3)21-17/h6-12,14,18H,5,19H2,1-4H3. The van der Waals surface area contributed by atoms with Gasteiger partial charge in [0.2, 0.25) is 0 Å². The Bertz CT molecular complexity index is 559. The van der Waals surface area contributed by atoms with Crippen molar-refractivity contribution >= 4 is 11.3 Å². The summed E-state index contributed by atoms with van der Waals surface area (Å²) in [6, 6.07) is 12.6. The van der Waals surface area contributed by atoms with Crippen LogP contribution >= 0.6 is 11.3 Å². The maximum Gasteiger partial charge on any atom is 0.148 e. The Morgan fingerprint density at radius 1 is 1.10 bits per heavy atom. The van der Waals surface area contributed by atoms with Crippen molar-refractivity contribution in [3.8, 4) is 5.75 Å². The molecule has 0 aliphatic carbocycles. The molecule has 2 nitrogen and oxygen atoms in total. The van der Waals surface area contributed by atoms with Crippen LogP contribution in [0.4, 0.5) is 0 Å². The molecule has 0 spiro atoms. The molecule has 2 rings (SSSR count). The van der Waals surface area contributed by atoms with E-state index >= 15 is 0 Å². The number of hydrogen-bond acceptors (Lipinski definition) is 3. The first-order chi connectivity index (χ1) is 10.0. The predicted octanol–water partition coefficient (Wildman–Crippen LogP) is 5.04. The van der Waals surface area contributed by atoms with Gasteiger partial charge in [0.25, 0.3) is 0 Å². The molecule has 0 saturated carbocycles. The molecule has 3 atom stereocenters. The topological polar surface area (TPSA) is 35.2 Å². The van der Waals surface area contributed by atoms with Crippen LogP contribution in [0.15, 0.2) is 36.4 Å². The molecule has 114 valence electrons. The molecule has 0 radical (unpaired) electrons. The molecule has 0 saturated heterocycles. The lowest BCUT2D eigenvalue weighted by molar-refractivity contribution is 0.184. The van der Waals surface area contributed by atoms with Crippen LogP contribution in [0.2, 0.25) is 0 Å². The highest BCUT2D eigenvalue weighted by Gasteiger charge is 2.20. The minimum absolute atomic E-state index is 0.0442. The number of hydrogen-bond donors (Lipinski definition) is 1. The van der Waals surface area contributed by atoms with Crippen molar-refractivity contribution < 1.29 is 4.74 Å². The SMILES string of the molecule is CCC(C)c1ccc(OC(c2ccc(C)s2)C(C)N)cc1. The van der Waals surface area contributed by atoms with Crippen LogP contribution in [0.3, 0.4) is 0 Å². The van der Waals surface area contributed by atoms with Gasteiger partial charge in [0.05, 0.1) is 0 Å². The largest absolute Gasteiger partial charge is 0.483 e. The molecule has 1 aromatic carbocycles. The molecule has 0 aliphatic heterocycles. The van der Waals surface area contributed by atoms with Gasteiger partial charge in [-0.1, -0.05) is 26.0 Å². The number of ether oxygens (including phenoxy) is 1. The number of rotatable bonds is 6. The predicted molar refractivity (Wildman–Crippen MR) is 91.2 cm³/mol. The van der Waals surface area contributed by atoms with Gasteiger partial charge in [0.15, 0.2) is 0 Å². The Hall–Kier alpha value is -1.32. The highest BCUT2D eigenvalue weighted by atomic mass is 32.1. The van der Waals surface area contributed by atoms with Gasteiger partial charge in [-0.25, -0.2) is 0 Å². The van der Waals surface area contributed by atoms with Crippen LogP contribution in [-0.4, -0.2) is 6.04 Å². The smallest absolute Gasteiger partial charge is 0.148 e. The maximum absolute atomic E-state index is 6.13. The summed E-state index contributed by atoms with van der Waals surface area (Å²) in [6.45, 7) is 8.55. The van der Waals surface area contributed by atoms with Crippen LogP contribution in [0, 0.1) is 6.92 Å². The number of aryl methyl sites for hydroxylation is 1. The molecule has 2 aromatic rings. The summed E-state index contributed by atoms with van der Waals surface area (Å²) < 4.78 is 6.13. The Morgan fingerprint density at radius 2 is 1.76 bits per heavy atom. The van der Waals surface area contributed by atoms with Crippen LogP contribution in [-0.2, 0) is 0 Å². The lowest BCUT2D eigenvalue weighted by atomic mass is 9.99. The third-order valence-electron chi connectivity index (χ3n) is 3.84. The van der Waals surface area contributed by atoms with Crippen molar-refractivity contribution in [3.05, 3.63) is 51.7 Å². The summed E-state index contributed by atoms with van der Waals surface area (Å²) in [5, 5.41) is 0. The summed E-state index contributed by atoms with van der Waals surface area (Å²) in [7, 11) is 0. The highest BCUT2D eigenvalue weighted by molar-refractivity contribution is 7.12. The van der Waals surface area contributed by atoms with Crippen molar-refractivity contribution in [3.63, 3.8) is 0 Å². The van der Waals surface area contributed by atoms with Crippen LogP contribution in [0.25, 0.3) is 0 Å². The first-order valence-corrected chi connectivity index (χ1v) is 8.41. The molecule has 2 N–H and O–H groups in total. The normalized spacial score (nSPS) is 15.5. The van der Waals surface area contributed by atoms with E-state index in [1.54, 1.807) is 11.3 Å².